The molecule has 88 valence electrons. The lowest BCUT2D eigenvalue weighted by atomic mass is 10.0. The molecule has 0 aliphatic rings. The minimum atomic E-state index is -4.62. The number of alkyl halides is 3. The van der Waals surface area contributed by atoms with E-state index in [1.165, 1.54) is 6.92 Å². The van der Waals surface area contributed by atoms with Crippen LogP contribution in [0, 0.1) is 10.1 Å². The van der Waals surface area contributed by atoms with Crippen LogP contribution in [0.4, 0.5) is 18.9 Å². The highest BCUT2D eigenvalue weighted by atomic mass is 19.4. The molecule has 0 bridgehead atoms. The molecule has 16 heavy (non-hydrogen) atoms. The zero-order chi connectivity index (χ0) is 12.5. The second kappa shape index (κ2) is 4.09. The van der Waals surface area contributed by atoms with E-state index < -0.39 is 28.4 Å². The highest BCUT2D eigenvalue weighted by molar-refractivity contribution is 5.41. The summed E-state index contributed by atoms with van der Waals surface area (Å²) in [5.74, 6) is 0. The van der Waals surface area contributed by atoms with E-state index in [0.29, 0.717) is 6.07 Å². The summed E-state index contributed by atoms with van der Waals surface area (Å²) < 4.78 is 37.2. The second-order valence-corrected chi connectivity index (χ2v) is 3.36. The Kier molecular flexibility index (Phi) is 3.18. The van der Waals surface area contributed by atoms with Crippen molar-refractivity contribution < 1.29 is 18.1 Å². The van der Waals surface area contributed by atoms with Crippen molar-refractivity contribution in [3.8, 4) is 0 Å². The van der Waals surface area contributed by atoms with E-state index in [1.54, 1.807) is 0 Å². The molecule has 1 aromatic carbocycles. The molecule has 1 aromatic rings. The molecule has 2 N–H and O–H groups in total. The Morgan fingerprint density at radius 3 is 2.31 bits per heavy atom. The SMILES string of the molecule is CC(N)c1cc([N+](=O)[O-])cc(C(F)(F)F)c1. The van der Waals surface area contributed by atoms with Gasteiger partial charge in [0.2, 0.25) is 0 Å². The number of rotatable bonds is 2. The summed E-state index contributed by atoms with van der Waals surface area (Å²) in [7, 11) is 0. The first-order valence-corrected chi connectivity index (χ1v) is 4.34. The highest BCUT2D eigenvalue weighted by Crippen LogP contribution is 2.33. The average molecular weight is 234 g/mol. The molecule has 7 heteroatoms. The van der Waals surface area contributed by atoms with E-state index in [4.69, 9.17) is 5.73 Å². The minimum absolute atomic E-state index is 0.0847. The maximum atomic E-state index is 12.4. The monoisotopic (exact) mass is 234 g/mol. The Labute approximate surface area is 89.0 Å². The van der Waals surface area contributed by atoms with Crippen molar-refractivity contribution in [2.45, 2.75) is 19.1 Å². The molecule has 0 spiro atoms. The van der Waals surface area contributed by atoms with E-state index in [2.05, 4.69) is 0 Å². The summed E-state index contributed by atoms with van der Waals surface area (Å²) in [6.07, 6.45) is -4.62. The fraction of sp³-hybridized carbons (Fsp3) is 0.333. The molecule has 1 rings (SSSR count). The first-order valence-electron chi connectivity index (χ1n) is 4.34. The van der Waals surface area contributed by atoms with Gasteiger partial charge in [0.1, 0.15) is 0 Å². The van der Waals surface area contributed by atoms with Gasteiger partial charge in [0.05, 0.1) is 10.5 Å². The Morgan fingerprint density at radius 2 is 1.94 bits per heavy atom. The van der Waals surface area contributed by atoms with Gasteiger partial charge in [-0.15, -0.1) is 0 Å². The van der Waals surface area contributed by atoms with E-state index in [9.17, 15) is 23.3 Å². The Bertz CT molecular complexity index is 416. The number of benzene rings is 1. The number of nitro benzene ring substituents is 1. The molecule has 1 atom stereocenters. The maximum Gasteiger partial charge on any atom is 0.416 e. The molecule has 0 saturated heterocycles. The van der Waals surface area contributed by atoms with Crippen LogP contribution < -0.4 is 5.73 Å². The molecular formula is C9H9F3N2O2. The Morgan fingerprint density at radius 1 is 1.38 bits per heavy atom. The number of nitro groups is 1. The van der Waals surface area contributed by atoms with Crippen molar-refractivity contribution in [1.82, 2.24) is 0 Å². The van der Waals surface area contributed by atoms with Crippen LogP contribution in [-0.4, -0.2) is 4.92 Å². The van der Waals surface area contributed by atoms with Crippen molar-refractivity contribution >= 4 is 5.69 Å². The zero-order valence-electron chi connectivity index (χ0n) is 8.28. The van der Waals surface area contributed by atoms with Crippen LogP contribution in [0.25, 0.3) is 0 Å². The number of hydrogen-bond acceptors (Lipinski definition) is 3. The minimum Gasteiger partial charge on any atom is -0.324 e. The lowest BCUT2D eigenvalue weighted by molar-refractivity contribution is -0.385. The van der Waals surface area contributed by atoms with E-state index >= 15 is 0 Å². The topological polar surface area (TPSA) is 69.2 Å². The standard InChI is InChI=1S/C9H9F3N2O2/c1-5(13)6-2-7(9(10,11)12)4-8(3-6)14(15)16/h2-5H,13H2,1H3. The number of nitrogens with two attached hydrogens (primary N) is 1. The van der Waals surface area contributed by atoms with Crippen LogP contribution in [0.1, 0.15) is 24.1 Å². The molecule has 0 radical (unpaired) electrons. The molecule has 0 fully saturated rings. The van der Waals surface area contributed by atoms with Gasteiger partial charge in [-0.25, -0.2) is 0 Å². The van der Waals surface area contributed by atoms with Gasteiger partial charge < -0.3 is 5.73 Å². The predicted octanol–water partition coefficient (Wildman–Crippen LogP) is 2.63. The lowest BCUT2D eigenvalue weighted by Crippen LogP contribution is -2.10. The van der Waals surface area contributed by atoms with E-state index in [0.717, 1.165) is 12.1 Å². The van der Waals surface area contributed by atoms with Gasteiger partial charge >= 0.3 is 6.18 Å². The normalized spacial score (nSPS) is 13.6. The van der Waals surface area contributed by atoms with Gasteiger partial charge in [0, 0.05) is 18.2 Å². The first-order chi connectivity index (χ1) is 7.21. The molecule has 0 saturated carbocycles. The van der Waals surface area contributed by atoms with E-state index in [-0.39, 0.29) is 5.56 Å². The van der Waals surface area contributed by atoms with Crippen LogP contribution in [0.5, 0.6) is 0 Å². The van der Waals surface area contributed by atoms with Crippen LogP contribution >= 0.6 is 0 Å². The third kappa shape index (κ3) is 2.69. The summed E-state index contributed by atoms with van der Waals surface area (Å²) in [6.45, 7) is 1.46. The zero-order valence-corrected chi connectivity index (χ0v) is 8.28. The maximum absolute atomic E-state index is 12.4. The summed E-state index contributed by atoms with van der Waals surface area (Å²) in [6, 6.07) is 1.66. The molecule has 0 heterocycles. The highest BCUT2D eigenvalue weighted by Gasteiger charge is 2.32. The fourth-order valence-electron chi connectivity index (χ4n) is 1.17. The number of non-ortho nitro benzene ring substituents is 1. The molecule has 0 aliphatic carbocycles. The van der Waals surface area contributed by atoms with Gasteiger partial charge in [-0.1, -0.05) is 0 Å². The van der Waals surface area contributed by atoms with Crippen molar-refractivity contribution in [2.24, 2.45) is 5.73 Å². The van der Waals surface area contributed by atoms with Gasteiger partial charge in [-0.3, -0.25) is 10.1 Å². The van der Waals surface area contributed by atoms with Crippen molar-refractivity contribution in [1.29, 1.82) is 0 Å². The number of hydrogen-bond donors (Lipinski definition) is 1. The van der Waals surface area contributed by atoms with Gasteiger partial charge in [-0.2, -0.15) is 13.2 Å². The van der Waals surface area contributed by atoms with Crippen LogP contribution in [-0.2, 0) is 6.18 Å². The third-order valence-corrected chi connectivity index (χ3v) is 2.00. The van der Waals surface area contributed by atoms with Crippen LogP contribution in [0.15, 0.2) is 18.2 Å². The number of halogens is 3. The molecule has 4 nitrogen and oxygen atoms in total. The van der Waals surface area contributed by atoms with Gasteiger partial charge in [-0.05, 0) is 18.6 Å². The van der Waals surface area contributed by atoms with Crippen LogP contribution in [0.3, 0.4) is 0 Å². The Balaban J connectivity index is 3.36. The fourth-order valence-corrected chi connectivity index (χ4v) is 1.17. The molecule has 0 amide bonds. The largest absolute Gasteiger partial charge is 0.416 e. The van der Waals surface area contributed by atoms with Crippen molar-refractivity contribution in [3.05, 3.63) is 39.4 Å². The average Bonchev–Trinajstić information content (AvgIpc) is 2.15. The van der Waals surface area contributed by atoms with E-state index in [1.807, 2.05) is 0 Å². The number of nitrogens with zero attached hydrogens (tertiary/aromatic N) is 1. The summed E-state index contributed by atoms with van der Waals surface area (Å²) in [5, 5.41) is 10.5. The smallest absolute Gasteiger partial charge is 0.324 e. The molecule has 0 aromatic heterocycles. The van der Waals surface area contributed by atoms with Crippen molar-refractivity contribution in [3.63, 3.8) is 0 Å². The third-order valence-electron chi connectivity index (χ3n) is 2.00. The van der Waals surface area contributed by atoms with Crippen molar-refractivity contribution in [2.75, 3.05) is 0 Å². The second-order valence-electron chi connectivity index (χ2n) is 3.36. The molecule has 1 unspecified atom stereocenters. The summed E-state index contributed by atoms with van der Waals surface area (Å²) in [4.78, 5) is 9.58. The summed E-state index contributed by atoms with van der Waals surface area (Å²) >= 11 is 0. The molecule has 0 aliphatic heterocycles. The first kappa shape index (κ1) is 12.4. The van der Waals surface area contributed by atoms with Gasteiger partial charge in [0.15, 0.2) is 0 Å². The quantitative estimate of drug-likeness (QED) is 0.631. The predicted molar refractivity (Wildman–Crippen MR) is 50.7 cm³/mol. The lowest BCUT2D eigenvalue weighted by Gasteiger charge is -2.10. The van der Waals surface area contributed by atoms with Gasteiger partial charge in [0.25, 0.3) is 5.69 Å². The Hall–Kier alpha value is -1.63. The van der Waals surface area contributed by atoms with Crippen LogP contribution in [0.2, 0.25) is 0 Å². The summed E-state index contributed by atoms with van der Waals surface area (Å²) in [5.41, 5.74) is 3.82. The molecular weight excluding hydrogens is 225 g/mol.